The number of aliphatic imine (C=N–C) groups is 1. The van der Waals surface area contributed by atoms with E-state index >= 15 is 0 Å². The fourth-order valence-corrected chi connectivity index (χ4v) is 3.35. The van der Waals surface area contributed by atoms with E-state index in [9.17, 15) is 13.2 Å². The minimum atomic E-state index is -4.55. The van der Waals surface area contributed by atoms with Crippen molar-refractivity contribution in [3.8, 4) is 0 Å². The van der Waals surface area contributed by atoms with Crippen LogP contribution in [0.15, 0.2) is 60.1 Å². The summed E-state index contributed by atoms with van der Waals surface area (Å²) < 4.78 is 46.4. The Balaban J connectivity index is 0.000000336. The molecule has 0 saturated heterocycles. The van der Waals surface area contributed by atoms with Crippen LogP contribution in [0.25, 0.3) is 0 Å². The third kappa shape index (κ3) is 8.47. The minimum absolute atomic E-state index is 0.00249. The van der Waals surface area contributed by atoms with Crippen molar-refractivity contribution in [1.29, 1.82) is 0 Å². The average molecular weight is 507 g/mol. The van der Waals surface area contributed by atoms with Crippen LogP contribution in [-0.2, 0) is 10.9 Å². The van der Waals surface area contributed by atoms with E-state index in [1.54, 1.807) is 12.3 Å². The van der Waals surface area contributed by atoms with Crippen LogP contribution in [0.3, 0.4) is 0 Å². The van der Waals surface area contributed by atoms with Crippen LogP contribution in [0.1, 0.15) is 24.5 Å². The number of hydrogen-bond donors (Lipinski definition) is 0. The van der Waals surface area contributed by atoms with E-state index in [1.165, 1.54) is 29.2 Å². The van der Waals surface area contributed by atoms with Crippen molar-refractivity contribution in [3.05, 3.63) is 81.3 Å². The summed E-state index contributed by atoms with van der Waals surface area (Å²) in [6.07, 6.45) is 0.816. The fraction of sp³-hybridized carbons (Fsp3) is 0.273. The summed E-state index contributed by atoms with van der Waals surface area (Å²) in [4.78, 5) is 8.00. The summed E-state index contributed by atoms with van der Waals surface area (Å²) in [5.41, 5.74) is -0.0173. The first-order valence-electron chi connectivity index (χ1n) is 9.53. The van der Waals surface area contributed by atoms with Crippen LogP contribution in [0.5, 0.6) is 0 Å². The highest BCUT2D eigenvalue weighted by atomic mass is 35.5. The molecule has 1 aromatic heterocycles. The Morgan fingerprint density at radius 1 is 1.06 bits per heavy atom. The van der Waals surface area contributed by atoms with Crippen molar-refractivity contribution in [2.75, 3.05) is 13.2 Å². The third-order valence-electron chi connectivity index (χ3n) is 3.90. The molecule has 2 aromatic carbocycles. The lowest BCUT2D eigenvalue weighted by Crippen LogP contribution is -2.18. The molecule has 32 heavy (non-hydrogen) atoms. The van der Waals surface area contributed by atoms with E-state index in [4.69, 9.17) is 39.5 Å². The van der Waals surface area contributed by atoms with E-state index < -0.39 is 11.7 Å². The molecule has 0 radical (unpaired) electrons. The van der Waals surface area contributed by atoms with Crippen LogP contribution in [-0.4, -0.2) is 28.6 Å². The van der Waals surface area contributed by atoms with E-state index in [0.717, 1.165) is 18.1 Å². The van der Waals surface area contributed by atoms with Gasteiger partial charge in [0.05, 0.1) is 11.3 Å². The minimum Gasteiger partial charge on any atom is -0.374 e. The topological polar surface area (TPSA) is 39.4 Å². The van der Waals surface area contributed by atoms with Gasteiger partial charge in [-0.25, -0.2) is 9.98 Å². The summed E-state index contributed by atoms with van der Waals surface area (Å²) >= 11 is 17.0. The molecule has 3 aromatic rings. The van der Waals surface area contributed by atoms with Crippen LogP contribution in [0, 0.1) is 6.92 Å². The molecule has 0 amide bonds. The first kappa shape index (κ1) is 26.2. The highest BCUT2D eigenvalue weighted by Gasteiger charge is 2.34. The molecular weight excluding hydrogens is 486 g/mol. The second kappa shape index (κ2) is 12.3. The summed E-state index contributed by atoms with van der Waals surface area (Å²) in [7, 11) is 0. The molecule has 0 aliphatic rings. The van der Waals surface area contributed by atoms with E-state index in [0.29, 0.717) is 22.5 Å². The van der Waals surface area contributed by atoms with Crippen molar-refractivity contribution in [1.82, 2.24) is 9.55 Å². The summed E-state index contributed by atoms with van der Waals surface area (Å²) in [6.45, 7) is 4.46. The number of halogens is 6. The van der Waals surface area contributed by atoms with E-state index in [2.05, 4.69) is 9.98 Å². The molecule has 0 fully saturated rings. The zero-order chi connectivity index (χ0) is 23.7. The highest BCUT2D eigenvalue weighted by Crippen LogP contribution is 2.38. The molecule has 3 rings (SSSR count). The zero-order valence-electron chi connectivity index (χ0n) is 17.3. The maximum Gasteiger partial charge on any atom is 0.418 e. The summed E-state index contributed by atoms with van der Waals surface area (Å²) in [5, 5.41) is 1.39. The molecule has 4 nitrogen and oxygen atoms in total. The van der Waals surface area contributed by atoms with Gasteiger partial charge in [0.2, 0.25) is 0 Å². The van der Waals surface area contributed by atoms with Gasteiger partial charge in [-0.1, -0.05) is 41.7 Å². The van der Waals surface area contributed by atoms with Gasteiger partial charge in [0.15, 0.2) is 0 Å². The third-order valence-corrected chi connectivity index (χ3v) is 4.57. The molecule has 0 saturated carbocycles. The van der Waals surface area contributed by atoms with E-state index in [1.807, 2.05) is 26.0 Å². The second-order valence-electron chi connectivity index (χ2n) is 6.66. The summed E-state index contributed by atoms with van der Waals surface area (Å²) in [6, 6.07) is 8.92. The quantitative estimate of drug-likeness (QED) is 0.201. The van der Waals surface area contributed by atoms with Crippen molar-refractivity contribution in [3.63, 3.8) is 0 Å². The van der Waals surface area contributed by atoms with Crippen LogP contribution >= 0.6 is 34.8 Å². The first-order chi connectivity index (χ1) is 15.1. The Bertz CT molecular complexity index is 988. The number of hydrogen-bond acceptors (Lipinski definition) is 3. The Morgan fingerprint density at radius 2 is 1.75 bits per heavy atom. The lowest BCUT2D eigenvalue weighted by atomic mass is 10.1. The lowest BCUT2D eigenvalue weighted by molar-refractivity contribution is -0.137. The Hall–Kier alpha value is -2.06. The second-order valence-corrected chi connectivity index (χ2v) is 7.97. The Morgan fingerprint density at radius 3 is 2.28 bits per heavy atom. The molecule has 0 atom stereocenters. The number of alkyl halides is 3. The average Bonchev–Trinajstić information content (AvgIpc) is 3.22. The van der Waals surface area contributed by atoms with Crippen molar-refractivity contribution < 1.29 is 17.9 Å². The summed E-state index contributed by atoms with van der Waals surface area (Å²) in [5.74, 6) is 0.309. The molecule has 0 unspecified atom stereocenters. The molecule has 172 valence electrons. The molecule has 0 spiro atoms. The Kier molecular flexibility index (Phi) is 10.0. The smallest absolute Gasteiger partial charge is 0.374 e. The molecule has 0 aliphatic carbocycles. The van der Waals surface area contributed by atoms with Gasteiger partial charge in [-0.3, -0.25) is 4.57 Å². The van der Waals surface area contributed by atoms with Gasteiger partial charge in [0.1, 0.15) is 18.8 Å². The number of rotatable bonds is 5. The van der Waals surface area contributed by atoms with E-state index in [-0.39, 0.29) is 17.3 Å². The molecule has 10 heteroatoms. The molecule has 0 bridgehead atoms. The van der Waals surface area contributed by atoms with Crippen LogP contribution in [0.4, 0.5) is 18.9 Å². The number of benzene rings is 2. The Labute approximate surface area is 199 Å². The zero-order valence-corrected chi connectivity index (χ0v) is 19.6. The number of ether oxygens (including phenoxy) is 1. The standard InChI is InChI=1S/C15H15ClF3N3O.C7H6Cl2/c1-2-7-23-9-14(22-6-5-20-10-22)21-13-4-3-11(16)8-12(13)15(17,18)19;1-5-2-6(8)4-7(9)3-5/h3-6,8,10H,2,7,9H2,1H3;2-4H,1H3. The van der Waals surface area contributed by atoms with Crippen molar-refractivity contribution in [2.45, 2.75) is 26.4 Å². The normalized spacial score (nSPS) is 11.8. The fourth-order valence-electron chi connectivity index (χ4n) is 2.55. The van der Waals surface area contributed by atoms with Gasteiger partial charge >= 0.3 is 6.18 Å². The maximum absolute atomic E-state index is 13.1. The van der Waals surface area contributed by atoms with Gasteiger partial charge in [-0.2, -0.15) is 13.2 Å². The number of imidazole rings is 1. The SMILES string of the molecule is CCCOCC(=Nc1ccc(Cl)cc1C(F)(F)F)n1ccnc1.Cc1cc(Cl)cc(Cl)c1. The van der Waals surface area contributed by atoms with Gasteiger partial charge in [-0.05, 0) is 55.3 Å². The number of aromatic nitrogens is 2. The number of nitrogens with zero attached hydrogens (tertiary/aromatic N) is 3. The lowest BCUT2D eigenvalue weighted by Gasteiger charge is -2.13. The largest absolute Gasteiger partial charge is 0.418 e. The molecule has 0 aliphatic heterocycles. The van der Waals surface area contributed by atoms with Crippen LogP contribution in [0.2, 0.25) is 15.1 Å². The first-order valence-corrected chi connectivity index (χ1v) is 10.7. The predicted octanol–water partition coefficient (Wildman–Crippen LogP) is 7.86. The molecule has 1 heterocycles. The highest BCUT2D eigenvalue weighted by molar-refractivity contribution is 6.34. The van der Waals surface area contributed by atoms with Gasteiger partial charge in [0.25, 0.3) is 0 Å². The van der Waals surface area contributed by atoms with Gasteiger partial charge in [0, 0.05) is 34.1 Å². The predicted molar refractivity (Wildman–Crippen MR) is 123 cm³/mol. The number of aryl methyl sites for hydroxylation is 1. The van der Waals surface area contributed by atoms with Crippen molar-refractivity contribution >= 4 is 46.3 Å². The maximum atomic E-state index is 13.1. The van der Waals surface area contributed by atoms with Gasteiger partial charge in [-0.15, -0.1) is 0 Å². The van der Waals surface area contributed by atoms with Gasteiger partial charge < -0.3 is 4.74 Å². The molecule has 0 N–H and O–H groups in total. The molecular formula is C22H21Cl3F3N3O. The van der Waals surface area contributed by atoms with Crippen LogP contribution < -0.4 is 0 Å². The monoisotopic (exact) mass is 505 g/mol. The van der Waals surface area contributed by atoms with Crippen molar-refractivity contribution in [2.24, 2.45) is 4.99 Å².